The van der Waals surface area contributed by atoms with Gasteiger partial charge >= 0.3 is 6.03 Å². The van der Waals surface area contributed by atoms with Crippen LogP contribution < -0.4 is 16.2 Å². The van der Waals surface area contributed by atoms with Crippen molar-refractivity contribution >= 4 is 34.6 Å². The summed E-state index contributed by atoms with van der Waals surface area (Å²) in [5.74, 6) is -0.664. The molecule has 2 aromatic heterocycles. The molecule has 1 aliphatic rings. The molecule has 0 saturated heterocycles. The van der Waals surface area contributed by atoms with Crippen molar-refractivity contribution in [3.63, 3.8) is 0 Å². The number of carbonyl (C=O) groups excluding carboxylic acids is 2. The number of hydrogen-bond donors (Lipinski definition) is 3. The van der Waals surface area contributed by atoms with Gasteiger partial charge in [-0.1, -0.05) is 18.2 Å². The fourth-order valence-corrected chi connectivity index (χ4v) is 5.33. The second-order valence-corrected chi connectivity index (χ2v) is 8.93. The van der Waals surface area contributed by atoms with E-state index in [9.17, 15) is 14.0 Å². The van der Waals surface area contributed by atoms with Crippen molar-refractivity contribution < 1.29 is 14.0 Å². The van der Waals surface area contributed by atoms with Gasteiger partial charge in [-0.2, -0.15) is 0 Å². The molecule has 8 heteroatoms. The van der Waals surface area contributed by atoms with E-state index in [0.717, 1.165) is 36.1 Å². The first-order valence-corrected chi connectivity index (χ1v) is 11.1. The minimum Gasteiger partial charge on any atom is -0.325 e. The Kier molecular flexibility index (Phi) is 5.92. The molecule has 3 amide bonds. The maximum atomic E-state index is 13.3. The number of rotatable bonds is 4. The predicted molar refractivity (Wildman–Crippen MR) is 113 cm³/mol. The van der Waals surface area contributed by atoms with Crippen molar-refractivity contribution in [3.05, 3.63) is 79.4 Å². The molecule has 3 aromatic rings. The quantitative estimate of drug-likeness (QED) is 0.532. The normalized spacial score (nSPS) is 14.0. The maximum absolute atomic E-state index is 13.3. The minimum atomic E-state index is -0.539. The highest BCUT2D eigenvalue weighted by Gasteiger charge is 2.20. The molecule has 4 rings (SSSR count). The van der Waals surface area contributed by atoms with E-state index >= 15 is 0 Å². The first-order valence-electron chi connectivity index (χ1n) is 9.37. The van der Waals surface area contributed by atoms with Crippen LogP contribution in [0, 0.1) is 5.82 Å². The molecule has 150 valence electrons. The van der Waals surface area contributed by atoms with E-state index in [4.69, 9.17) is 0 Å². The monoisotopic (exact) mass is 429 g/mol. The van der Waals surface area contributed by atoms with Gasteiger partial charge in [0.1, 0.15) is 5.82 Å². The van der Waals surface area contributed by atoms with Crippen molar-refractivity contribution in [2.24, 2.45) is 0 Å². The Balaban J connectivity index is 1.40. The largest absolute Gasteiger partial charge is 0.334 e. The van der Waals surface area contributed by atoms with Crippen molar-refractivity contribution in [3.8, 4) is 0 Å². The number of benzene rings is 1. The lowest BCUT2D eigenvalue weighted by Gasteiger charge is -2.18. The third-order valence-electron chi connectivity index (χ3n) is 4.82. The Morgan fingerprint density at radius 2 is 1.83 bits per heavy atom. The van der Waals surface area contributed by atoms with Crippen LogP contribution in [0.4, 0.5) is 9.18 Å². The van der Waals surface area contributed by atoms with Gasteiger partial charge in [0.2, 0.25) is 0 Å². The van der Waals surface area contributed by atoms with Gasteiger partial charge < -0.3 is 5.32 Å². The molecule has 0 fully saturated rings. The summed E-state index contributed by atoms with van der Waals surface area (Å²) >= 11 is 2.97. The van der Waals surface area contributed by atoms with Gasteiger partial charge in [-0.05, 0) is 66.5 Å². The van der Waals surface area contributed by atoms with Crippen LogP contribution in [-0.2, 0) is 12.8 Å². The van der Waals surface area contributed by atoms with Crippen molar-refractivity contribution in [1.82, 2.24) is 16.2 Å². The molecule has 0 spiro atoms. The number of thiophene rings is 2. The first kappa shape index (κ1) is 19.6. The van der Waals surface area contributed by atoms with Crippen LogP contribution in [0.1, 0.15) is 49.4 Å². The molecule has 2 heterocycles. The standard InChI is InChI=1S/C21H20FN3O2S2/c22-15-9-7-13(8-10-15)19(17-6-3-11-28-17)23-21(27)25-24-20(26)18-12-14-4-1-2-5-16(14)29-18/h3,6-12,19H,1-2,4-5H2,(H,24,26)(H2,23,25,27)/t19-/m0/s1. The molecule has 5 nitrogen and oxygen atoms in total. The fraction of sp³-hybridized carbons (Fsp3) is 0.238. The van der Waals surface area contributed by atoms with Crippen LogP contribution in [0.15, 0.2) is 47.8 Å². The molecule has 3 N–H and O–H groups in total. The van der Waals surface area contributed by atoms with Crippen LogP contribution in [0.2, 0.25) is 0 Å². The predicted octanol–water partition coefficient (Wildman–Crippen LogP) is 4.56. The average molecular weight is 430 g/mol. The number of hydrogen-bond acceptors (Lipinski definition) is 4. The molecular formula is C21H20FN3O2S2. The zero-order valence-corrected chi connectivity index (χ0v) is 17.2. The summed E-state index contributed by atoms with van der Waals surface area (Å²) in [4.78, 5) is 27.6. The highest BCUT2D eigenvalue weighted by Crippen LogP contribution is 2.29. The first-order chi connectivity index (χ1) is 14.1. The lowest BCUT2D eigenvalue weighted by molar-refractivity contribution is 0.0940. The molecule has 1 atom stereocenters. The SMILES string of the molecule is O=C(NNC(=O)c1cc2c(s1)CCCC2)N[C@@H](c1ccc(F)cc1)c1cccs1. The number of amides is 3. The van der Waals surface area contributed by atoms with E-state index in [0.29, 0.717) is 4.88 Å². The van der Waals surface area contributed by atoms with Gasteiger partial charge in [-0.15, -0.1) is 22.7 Å². The third kappa shape index (κ3) is 4.65. The Hall–Kier alpha value is -2.71. The number of fused-ring (bicyclic) bond motifs is 1. The van der Waals surface area contributed by atoms with E-state index in [1.807, 2.05) is 23.6 Å². The molecule has 0 saturated carbocycles. The van der Waals surface area contributed by atoms with Gasteiger partial charge in [0, 0.05) is 9.75 Å². The lowest BCUT2D eigenvalue weighted by Crippen LogP contribution is -2.47. The van der Waals surface area contributed by atoms with Crippen LogP contribution in [0.5, 0.6) is 0 Å². The lowest BCUT2D eigenvalue weighted by atomic mass is 9.99. The summed E-state index contributed by atoms with van der Waals surface area (Å²) in [6.07, 6.45) is 4.33. The van der Waals surface area contributed by atoms with E-state index < -0.39 is 12.1 Å². The van der Waals surface area contributed by atoms with Gasteiger partial charge in [-0.25, -0.2) is 14.6 Å². The summed E-state index contributed by atoms with van der Waals surface area (Å²) < 4.78 is 13.3. The van der Waals surface area contributed by atoms with E-state index in [2.05, 4.69) is 16.2 Å². The number of nitrogens with one attached hydrogen (secondary N) is 3. The molecule has 1 aromatic carbocycles. The Labute approximate surface area is 175 Å². The van der Waals surface area contributed by atoms with Crippen molar-refractivity contribution in [2.75, 3.05) is 0 Å². The molecule has 0 unspecified atom stereocenters. The van der Waals surface area contributed by atoms with Crippen LogP contribution in [-0.4, -0.2) is 11.9 Å². The number of carbonyl (C=O) groups is 2. The Morgan fingerprint density at radius 1 is 1.03 bits per heavy atom. The average Bonchev–Trinajstić information content (AvgIpc) is 3.40. The minimum absolute atomic E-state index is 0.325. The summed E-state index contributed by atoms with van der Waals surface area (Å²) in [6, 6.07) is 10.7. The van der Waals surface area contributed by atoms with E-state index in [1.165, 1.54) is 45.2 Å². The molecular weight excluding hydrogens is 409 g/mol. The van der Waals surface area contributed by atoms with Crippen LogP contribution in [0.25, 0.3) is 0 Å². The molecule has 1 aliphatic carbocycles. The van der Waals surface area contributed by atoms with Gasteiger partial charge in [-0.3, -0.25) is 10.2 Å². The summed E-state index contributed by atoms with van der Waals surface area (Å²) in [7, 11) is 0. The van der Waals surface area contributed by atoms with Crippen LogP contribution in [0.3, 0.4) is 0 Å². The van der Waals surface area contributed by atoms with Gasteiger partial charge in [0.05, 0.1) is 10.9 Å². The number of hydrazine groups is 1. The summed E-state index contributed by atoms with van der Waals surface area (Å²) in [6.45, 7) is 0. The van der Waals surface area contributed by atoms with E-state index in [-0.39, 0.29) is 11.7 Å². The Bertz CT molecular complexity index is 976. The fourth-order valence-electron chi connectivity index (χ4n) is 3.37. The highest BCUT2D eigenvalue weighted by molar-refractivity contribution is 7.14. The topological polar surface area (TPSA) is 70.2 Å². The zero-order chi connectivity index (χ0) is 20.2. The van der Waals surface area contributed by atoms with Crippen molar-refractivity contribution in [2.45, 2.75) is 31.7 Å². The molecule has 29 heavy (non-hydrogen) atoms. The molecule has 0 bridgehead atoms. The van der Waals surface area contributed by atoms with Gasteiger partial charge in [0.25, 0.3) is 5.91 Å². The summed E-state index contributed by atoms with van der Waals surface area (Å²) in [5, 5.41) is 4.75. The number of halogens is 1. The third-order valence-corrected chi connectivity index (χ3v) is 6.99. The number of aryl methyl sites for hydroxylation is 2. The molecule has 0 aliphatic heterocycles. The van der Waals surface area contributed by atoms with Crippen molar-refractivity contribution in [1.29, 1.82) is 0 Å². The van der Waals surface area contributed by atoms with Crippen LogP contribution >= 0.6 is 22.7 Å². The smallest absolute Gasteiger partial charge is 0.325 e. The zero-order valence-electron chi connectivity index (χ0n) is 15.5. The second kappa shape index (κ2) is 8.75. The van der Waals surface area contributed by atoms with E-state index in [1.54, 1.807) is 12.1 Å². The second-order valence-electron chi connectivity index (χ2n) is 6.82. The van der Waals surface area contributed by atoms with Gasteiger partial charge in [0.15, 0.2) is 0 Å². The number of urea groups is 1. The Morgan fingerprint density at radius 3 is 2.55 bits per heavy atom. The summed E-state index contributed by atoms with van der Waals surface area (Å²) in [5.41, 5.74) is 6.89. The highest BCUT2D eigenvalue weighted by atomic mass is 32.1. The maximum Gasteiger partial charge on any atom is 0.334 e. The molecule has 0 radical (unpaired) electrons.